The summed E-state index contributed by atoms with van der Waals surface area (Å²) < 4.78 is 0. The number of carbonyl (C=O) groups excluding carboxylic acids is 1. The van der Waals surface area contributed by atoms with Crippen molar-refractivity contribution in [3.8, 4) is 0 Å². The van der Waals surface area contributed by atoms with Gasteiger partial charge in [-0.2, -0.15) is 5.10 Å². The van der Waals surface area contributed by atoms with E-state index in [1.165, 1.54) is 12.1 Å². The molecule has 0 aliphatic heterocycles. The van der Waals surface area contributed by atoms with Gasteiger partial charge in [-0.25, -0.2) is 5.10 Å². The highest BCUT2D eigenvalue weighted by atomic mass is 32.1. The van der Waals surface area contributed by atoms with Gasteiger partial charge in [0, 0.05) is 18.2 Å². The standard InChI is InChI=1S/C13H12N4O2S/c14-12(20)9-3-1-8(2-4-9)7-15-13(19)10-5-6-11(18)17-16-10/h1-6H,7H2,(H2,14,20)(H,15,19)(H,17,18). The largest absolute Gasteiger partial charge is 0.389 e. The minimum atomic E-state index is -0.361. The van der Waals surface area contributed by atoms with E-state index in [4.69, 9.17) is 18.0 Å². The number of thiocarbonyl (C=S) groups is 1. The average Bonchev–Trinajstić information content (AvgIpc) is 2.46. The molecule has 0 spiro atoms. The van der Waals surface area contributed by atoms with Crippen LogP contribution in [0.25, 0.3) is 0 Å². The van der Waals surface area contributed by atoms with Crippen LogP contribution < -0.4 is 16.6 Å². The zero-order valence-electron chi connectivity index (χ0n) is 10.4. The zero-order valence-corrected chi connectivity index (χ0v) is 11.2. The van der Waals surface area contributed by atoms with Crippen molar-refractivity contribution in [3.63, 3.8) is 0 Å². The first kappa shape index (κ1) is 13.9. The van der Waals surface area contributed by atoms with Crippen LogP contribution in [0.5, 0.6) is 0 Å². The van der Waals surface area contributed by atoms with Crippen LogP contribution in [0.15, 0.2) is 41.2 Å². The normalized spacial score (nSPS) is 10.0. The Morgan fingerprint density at radius 3 is 2.50 bits per heavy atom. The first-order valence-electron chi connectivity index (χ1n) is 5.79. The van der Waals surface area contributed by atoms with Crippen molar-refractivity contribution in [1.29, 1.82) is 0 Å². The number of nitrogens with zero attached hydrogens (tertiary/aromatic N) is 1. The molecule has 0 aliphatic carbocycles. The highest BCUT2D eigenvalue weighted by Crippen LogP contribution is 2.04. The molecule has 2 aromatic rings. The van der Waals surface area contributed by atoms with Gasteiger partial charge >= 0.3 is 0 Å². The van der Waals surface area contributed by atoms with E-state index in [0.29, 0.717) is 11.5 Å². The summed E-state index contributed by atoms with van der Waals surface area (Å²) in [6.07, 6.45) is 0. The SMILES string of the molecule is NC(=S)c1ccc(CNC(=O)c2ccc(=O)[nH]n2)cc1. The van der Waals surface area contributed by atoms with Gasteiger partial charge in [0.15, 0.2) is 0 Å². The number of nitrogens with one attached hydrogen (secondary N) is 2. The van der Waals surface area contributed by atoms with E-state index in [9.17, 15) is 9.59 Å². The van der Waals surface area contributed by atoms with Gasteiger partial charge in [-0.1, -0.05) is 36.5 Å². The summed E-state index contributed by atoms with van der Waals surface area (Å²) in [5, 5.41) is 8.54. The lowest BCUT2D eigenvalue weighted by atomic mass is 10.1. The van der Waals surface area contributed by atoms with Crippen molar-refractivity contribution in [3.05, 3.63) is 63.6 Å². The number of amides is 1. The number of aromatic amines is 1. The summed E-state index contributed by atoms with van der Waals surface area (Å²) in [5.74, 6) is -0.361. The number of carbonyl (C=O) groups is 1. The number of hydrogen-bond donors (Lipinski definition) is 3. The molecule has 6 nitrogen and oxygen atoms in total. The Kier molecular flexibility index (Phi) is 4.21. The molecule has 0 radical (unpaired) electrons. The number of nitrogens with two attached hydrogens (primary N) is 1. The van der Waals surface area contributed by atoms with E-state index in [1.807, 2.05) is 12.1 Å². The van der Waals surface area contributed by atoms with E-state index >= 15 is 0 Å². The Labute approximate surface area is 120 Å². The lowest BCUT2D eigenvalue weighted by Crippen LogP contribution is -2.25. The summed E-state index contributed by atoms with van der Waals surface area (Å²) in [7, 11) is 0. The summed E-state index contributed by atoms with van der Waals surface area (Å²) in [4.78, 5) is 22.9. The second kappa shape index (κ2) is 6.07. The molecule has 2 rings (SSSR count). The maximum absolute atomic E-state index is 11.8. The summed E-state index contributed by atoms with van der Waals surface area (Å²) >= 11 is 4.86. The van der Waals surface area contributed by atoms with E-state index in [-0.39, 0.29) is 17.2 Å². The van der Waals surface area contributed by atoms with Crippen LogP contribution in [0.2, 0.25) is 0 Å². The smallest absolute Gasteiger partial charge is 0.271 e. The molecule has 102 valence electrons. The summed E-state index contributed by atoms with van der Waals surface area (Å²) in [5.41, 5.74) is 6.98. The third kappa shape index (κ3) is 3.48. The fourth-order valence-electron chi connectivity index (χ4n) is 1.53. The summed E-state index contributed by atoms with van der Waals surface area (Å²) in [6.45, 7) is 0.344. The fourth-order valence-corrected chi connectivity index (χ4v) is 1.67. The Bertz CT molecular complexity index is 674. The van der Waals surface area contributed by atoms with Gasteiger partial charge in [-0.05, 0) is 11.6 Å². The van der Waals surface area contributed by atoms with Crippen molar-refractivity contribution < 1.29 is 4.79 Å². The van der Waals surface area contributed by atoms with Crippen molar-refractivity contribution in [2.24, 2.45) is 5.73 Å². The Morgan fingerprint density at radius 2 is 1.95 bits per heavy atom. The van der Waals surface area contributed by atoms with Gasteiger partial charge < -0.3 is 11.1 Å². The van der Waals surface area contributed by atoms with Crippen LogP contribution in [0.4, 0.5) is 0 Å². The van der Waals surface area contributed by atoms with Crippen LogP contribution in [-0.2, 0) is 6.54 Å². The van der Waals surface area contributed by atoms with Crippen molar-refractivity contribution >= 4 is 23.1 Å². The Balaban J connectivity index is 1.98. The van der Waals surface area contributed by atoms with Gasteiger partial charge in [-0.3, -0.25) is 9.59 Å². The van der Waals surface area contributed by atoms with Gasteiger partial charge in [0.1, 0.15) is 10.7 Å². The van der Waals surface area contributed by atoms with E-state index in [0.717, 1.165) is 11.1 Å². The maximum atomic E-state index is 11.8. The van der Waals surface area contributed by atoms with E-state index in [2.05, 4.69) is 15.5 Å². The summed E-state index contributed by atoms with van der Waals surface area (Å²) in [6, 6.07) is 9.86. The molecule has 0 unspecified atom stereocenters. The highest BCUT2D eigenvalue weighted by molar-refractivity contribution is 7.80. The van der Waals surface area contributed by atoms with Crippen molar-refractivity contribution in [2.45, 2.75) is 6.54 Å². The van der Waals surface area contributed by atoms with Crippen LogP contribution in [0, 0.1) is 0 Å². The van der Waals surface area contributed by atoms with Crippen LogP contribution in [0.1, 0.15) is 21.6 Å². The third-order valence-electron chi connectivity index (χ3n) is 2.60. The number of hydrogen-bond acceptors (Lipinski definition) is 4. The lowest BCUT2D eigenvalue weighted by Gasteiger charge is -2.05. The molecule has 1 aromatic heterocycles. The quantitative estimate of drug-likeness (QED) is 0.704. The second-order valence-electron chi connectivity index (χ2n) is 4.05. The first-order chi connectivity index (χ1) is 9.56. The van der Waals surface area contributed by atoms with Crippen molar-refractivity contribution in [1.82, 2.24) is 15.5 Å². The maximum Gasteiger partial charge on any atom is 0.271 e. The Hall–Kier alpha value is -2.54. The molecule has 1 aromatic carbocycles. The van der Waals surface area contributed by atoms with Gasteiger partial charge in [0.2, 0.25) is 0 Å². The van der Waals surface area contributed by atoms with Gasteiger partial charge in [0.25, 0.3) is 11.5 Å². The lowest BCUT2D eigenvalue weighted by molar-refractivity contribution is 0.0945. The molecule has 4 N–H and O–H groups in total. The molecule has 0 saturated carbocycles. The molecular formula is C13H12N4O2S. The fraction of sp³-hybridized carbons (Fsp3) is 0.0769. The zero-order chi connectivity index (χ0) is 14.5. The number of benzene rings is 1. The molecular weight excluding hydrogens is 276 g/mol. The predicted octanol–water partition coefficient (Wildman–Crippen LogP) is 0.334. The van der Waals surface area contributed by atoms with Gasteiger partial charge in [-0.15, -0.1) is 0 Å². The topological polar surface area (TPSA) is 101 Å². The minimum absolute atomic E-state index is 0.157. The molecule has 20 heavy (non-hydrogen) atoms. The number of H-pyrrole nitrogens is 1. The molecule has 0 aliphatic rings. The second-order valence-corrected chi connectivity index (χ2v) is 4.49. The molecule has 0 bridgehead atoms. The highest BCUT2D eigenvalue weighted by Gasteiger charge is 2.06. The van der Waals surface area contributed by atoms with Crippen LogP contribution in [0.3, 0.4) is 0 Å². The number of rotatable bonds is 4. The average molecular weight is 288 g/mol. The molecule has 0 atom stereocenters. The minimum Gasteiger partial charge on any atom is -0.389 e. The molecule has 1 heterocycles. The molecule has 0 saturated heterocycles. The molecule has 1 amide bonds. The van der Waals surface area contributed by atoms with Crippen molar-refractivity contribution in [2.75, 3.05) is 0 Å². The van der Waals surface area contributed by atoms with Crippen LogP contribution >= 0.6 is 12.2 Å². The third-order valence-corrected chi connectivity index (χ3v) is 2.84. The molecule has 7 heteroatoms. The van der Waals surface area contributed by atoms with E-state index < -0.39 is 0 Å². The predicted molar refractivity (Wildman–Crippen MR) is 78.4 cm³/mol. The van der Waals surface area contributed by atoms with Gasteiger partial charge in [0.05, 0.1) is 0 Å². The number of aromatic nitrogens is 2. The first-order valence-corrected chi connectivity index (χ1v) is 6.20. The Morgan fingerprint density at radius 1 is 1.25 bits per heavy atom. The monoisotopic (exact) mass is 288 g/mol. The van der Waals surface area contributed by atoms with Crippen LogP contribution in [-0.4, -0.2) is 21.1 Å². The van der Waals surface area contributed by atoms with E-state index in [1.54, 1.807) is 12.1 Å². The molecule has 0 fully saturated rings.